The average Bonchev–Trinajstić information content (AvgIpc) is 2.73. The fourth-order valence-corrected chi connectivity index (χ4v) is 4.30. The number of carbonyl (C=O) groups is 1. The van der Waals surface area contributed by atoms with Gasteiger partial charge in [0.15, 0.2) is 22.4 Å². The van der Waals surface area contributed by atoms with Gasteiger partial charge in [-0.2, -0.15) is 0 Å². The van der Waals surface area contributed by atoms with Crippen molar-refractivity contribution in [2.45, 2.75) is 25.5 Å². The van der Waals surface area contributed by atoms with Crippen LogP contribution in [-0.4, -0.2) is 35.3 Å². The lowest BCUT2D eigenvalue weighted by Crippen LogP contribution is -2.25. The highest BCUT2D eigenvalue weighted by Crippen LogP contribution is 2.29. The van der Waals surface area contributed by atoms with Gasteiger partial charge in [0.05, 0.1) is 30.9 Å². The maximum absolute atomic E-state index is 13.1. The van der Waals surface area contributed by atoms with Crippen molar-refractivity contribution in [1.29, 1.82) is 0 Å². The van der Waals surface area contributed by atoms with Crippen molar-refractivity contribution in [3.8, 4) is 11.5 Å². The summed E-state index contributed by atoms with van der Waals surface area (Å²) in [5, 5.41) is 1.10. The van der Waals surface area contributed by atoms with E-state index in [0.717, 1.165) is 4.47 Å². The van der Waals surface area contributed by atoms with E-state index in [-0.39, 0.29) is 23.0 Å². The molecule has 0 amide bonds. The third kappa shape index (κ3) is 4.87. The molecule has 0 saturated heterocycles. The Morgan fingerprint density at radius 2 is 1.87 bits per heavy atom. The summed E-state index contributed by atoms with van der Waals surface area (Å²) in [4.78, 5) is 30.5. The molecule has 0 unspecified atom stereocenters. The molecule has 0 atom stereocenters. The van der Waals surface area contributed by atoms with Gasteiger partial charge >= 0.3 is 0 Å². The first kappa shape index (κ1) is 22.4. The minimum atomic E-state index is -0.101. The average molecular weight is 491 g/mol. The van der Waals surface area contributed by atoms with Gasteiger partial charge in [0.25, 0.3) is 5.56 Å². The predicted molar refractivity (Wildman–Crippen MR) is 123 cm³/mol. The molecule has 2 aromatic carbocycles. The van der Waals surface area contributed by atoms with Crippen molar-refractivity contribution < 1.29 is 14.3 Å². The summed E-state index contributed by atoms with van der Waals surface area (Å²) in [5.41, 5.74) is 1.03. The highest BCUT2D eigenvalue weighted by Gasteiger charge is 2.16. The van der Waals surface area contributed by atoms with Crippen LogP contribution in [0.2, 0.25) is 0 Å². The lowest BCUT2D eigenvalue weighted by molar-refractivity contribution is 0.102. The molecule has 6 nitrogen and oxygen atoms in total. The zero-order valence-corrected chi connectivity index (χ0v) is 19.7. The quantitative estimate of drug-likeness (QED) is 0.256. The number of aromatic nitrogens is 2. The molecule has 0 aliphatic carbocycles. The first-order chi connectivity index (χ1) is 14.3. The standard InChI is InChI=1S/C22H23BrN2O4S/c1-13(2)11-25-21(27)16-10-15(23)6-7-17(16)24-22(25)30-12-18(26)14-5-8-19(28-3)20(9-14)29-4/h5-10,13H,11-12H2,1-4H3. The zero-order valence-electron chi connectivity index (χ0n) is 17.3. The van der Waals surface area contributed by atoms with Gasteiger partial charge in [0.2, 0.25) is 0 Å². The molecule has 1 aromatic heterocycles. The molecule has 0 N–H and O–H groups in total. The Bertz CT molecular complexity index is 1140. The second kappa shape index (κ2) is 9.66. The molecule has 3 rings (SSSR count). The Hall–Kier alpha value is -2.32. The smallest absolute Gasteiger partial charge is 0.262 e. The van der Waals surface area contributed by atoms with Crippen molar-refractivity contribution in [3.05, 3.63) is 56.8 Å². The molecule has 8 heteroatoms. The fourth-order valence-electron chi connectivity index (χ4n) is 3.03. The molecule has 1 heterocycles. The fraction of sp³-hybridized carbons (Fsp3) is 0.318. The summed E-state index contributed by atoms with van der Waals surface area (Å²) in [6, 6.07) is 10.5. The molecule has 0 aliphatic rings. The number of hydrogen-bond acceptors (Lipinski definition) is 6. The molecular formula is C22H23BrN2O4S. The Kier molecular flexibility index (Phi) is 7.20. The normalized spacial score (nSPS) is 11.1. The van der Waals surface area contributed by atoms with Crippen LogP contribution < -0.4 is 15.0 Å². The third-order valence-corrected chi connectivity index (χ3v) is 5.94. The monoisotopic (exact) mass is 490 g/mol. The number of halogens is 1. The van der Waals surface area contributed by atoms with Gasteiger partial charge in [-0.1, -0.05) is 41.5 Å². The summed E-state index contributed by atoms with van der Waals surface area (Å²) in [6.45, 7) is 4.61. The van der Waals surface area contributed by atoms with Crippen molar-refractivity contribution in [1.82, 2.24) is 9.55 Å². The summed E-state index contributed by atoms with van der Waals surface area (Å²) >= 11 is 4.68. The van der Waals surface area contributed by atoms with E-state index in [4.69, 9.17) is 9.47 Å². The number of carbonyl (C=O) groups excluding carboxylic acids is 1. The molecular weight excluding hydrogens is 468 g/mol. The molecule has 30 heavy (non-hydrogen) atoms. The van der Waals surface area contributed by atoms with Gasteiger partial charge in [-0.25, -0.2) is 4.98 Å². The highest BCUT2D eigenvalue weighted by atomic mass is 79.9. The van der Waals surface area contributed by atoms with Crippen LogP contribution in [-0.2, 0) is 6.54 Å². The number of benzene rings is 2. The van der Waals surface area contributed by atoms with Crippen molar-refractivity contribution in [3.63, 3.8) is 0 Å². The number of methoxy groups -OCH3 is 2. The van der Waals surface area contributed by atoms with E-state index in [2.05, 4.69) is 20.9 Å². The van der Waals surface area contributed by atoms with Crippen LogP contribution in [0.5, 0.6) is 11.5 Å². The zero-order chi connectivity index (χ0) is 21.8. The largest absolute Gasteiger partial charge is 0.493 e. The molecule has 0 bridgehead atoms. The number of fused-ring (bicyclic) bond motifs is 1. The molecule has 0 aliphatic heterocycles. The van der Waals surface area contributed by atoms with Crippen LogP contribution in [0, 0.1) is 5.92 Å². The summed E-state index contributed by atoms with van der Waals surface area (Å²) in [6.07, 6.45) is 0. The Labute approximate surface area is 187 Å². The number of thioether (sulfide) groups is 1. The first-order valence-corrected chi connectivity index (χ1v) is 11.2. The van der Waals surface area contributed by atoms with Crippen LogP contribution in [0.25, 0.3) is 10.9 Å². The maximum atomic E-state index is 13.1. The van der Waals surface area contributed by atoms with Crippen LogP contribution in [0.3, 0.4) is 0 Å². The van der Waals surface area contributed by atoms with Crippen molar-refractivity contribution in [2.24, 2.45) is 5.92 Å². The number of ether oxygens (including phenoxy) is 2. The molecule has 0 radical (unpaired) electrons. The Morgan fingerprint density at radius 3 is 2.53 bits per heavy atom. The van der Waals surface area contributed by atoms with E-state index < -0.39 is 0 Å². The molecule has 0 saturated carbocycles. The van der Waals surface area contributed by atoms with Crippen LogP contribution in [0.15, 0.2) is 50.8 Å². The van der Waals surface area contributed by atoms with Gasteiger partial charge in [-0.05, 0) is 42.3 Å². The van der Waals surface area contributed by atoms with Crippen LogP contribution in [0.4, 0.5) is 0 Å². The predicted octanol–water partition coefficient (Wildman–Crippen LogP) is 4.81. The van der Waals surface area contributed by atoms with E-state index >= 15 is 0 Å². The van der Waals surface area contributed by atoms with Gasteiger partial charge in [0.1, 0.15) is 0 Å². The first-order valence-electron chi connectivity index (χ1n) is 9.42. The number of nitrogens with zero attached hydrogens (tertiary/aromatic N) is 2. The summed E-state index contributed by atoms with van der Waals surface area (Å²) in [7, 11) is 3.08. The lowest BCUT2D eigenvalue weighted by atomic mass is 10.1. The molecule has 158 valence electrons. The Morgan fingerprint density at radius 1 is 1.13 bits per heavy atom. The number of Topliss-reactive ketones (excluding diaryl/α,β-unsaturated/α-hetero) is 1. The van der Waals surface area contributed by atoms with Gasteiger partial charge < -0.3 is 9.47 Å². The van der Waals surface area contributed by atoms with E-state index in [1.54, 1.807) is 42.0 Å². The van der Waals surface area contributed by atoms with Gasteiger partial charge in [-0.15, -0.1) is 0 Å². The van der Waals surface area contributed by atoms with E-state index in [9.17, 15) is 9.59 Å². The topological polar surface area (TPSA) is 70.4 Å². The Balaban J connectivity index is 1.92. The minimum absolute atomic E-state index is 0.0813. The molecule has 0 fully saturated rings. The third-order valence-electron chi connectivity index (χ3n) is 4.47. The SMILES string of the molecule is COc1ccc(C(=O)CSc2nc3ccc(Br)cc3c(=O)n2CC(C)C)cc1OC. The second-order valence-electron chi connectivity index (χ2n) is 7.15. The molecule has 0 spiro atoms. The molecule has 3 aromatic rings. The van der Waals surface area contributed by atoms with E-state index in [0.29, 0.717) is 39.7 Å². The van der Waals surface area contributed by atoms with Crippen molar-refractivity contribution >= 4 is 44.4 Å². The minimum Gasteiger partial charge on any atom is -0.493 e. The van der Waals surface area contributed by atoms with Crippen LogP contribution in [0.1, 0.15) is 24.2 Å². The second-order valence-corrected chi connectivity index (χ2v) is 9.01. The number of rotatable bonds is 8. The lowest BCUT2D eigenvalue weighted by Gasteiger charge is -2.15. The number of hydrogen-bond donors (Lipinski definition) is 0. The van der Waals surface area contributed by atoms with Crippen LogP contribution >= 0.6 is 27.7 Å². The van der Waals surface area contributed by atoms with E-state index in [1.165, 1.54) is 18.9 Å². The van der Waals surface area contributed by atoms with E-state index in [1.807, 2.05) is 19.9 Å². The summed E-state index contributed by atoms with van der Waals surface area (Å²) in [5.74, 6) is 1.40. The van der Waals surface area contributed by atoms with Gasteiger partial charge in [0, 0.05) is 16.6 Å². The number of ketones is 1. The van der Waals surface area contributed by atoms with Gasteiger partial charge in [-0.3, -0.25) is 14.2 Å². The van der Waals surface area contributed by atoms with Crippen molar-refractivity contribution in [2.75, 3.05) is 20.0 Å². The highest BCUT2D eigenvalue weighted by molar-refractivity contribution is 9.10. The summed E-state index contributed by atoms with van der Waals surface area (Å²) < 4.78 is 13.0. The maximum Gasteiger partial charge on any atom is 0.262 e.